The lowest BCUT2D eigenvalue weighted by Crippen LogP contribution is -2.33. The van der Waals surface area contributed by atoms with Gasteiger partial charge in [0.1, 0.15) is 5.75 Å². The maximum atomic E-state index is 11.8. The molecule has 0 unspecified atom stereocenters. The minimum absolute atomic E-state index is 0.0297. The van der Waals surface area contributed by atoms with Crippen LogP contribution in [0.4, 0.5) is 4.79 Å². The van der Waals surface area contributed by atoms with Crippen molar-refractivity contribution in [3.05, 3.63) is 29.8 Å². The molecule has 1 rings (SSSR count). The molecule has 98 valence electrons. The van der Waals surface area contributed by atoms with Gasteiger partial charge in [0.05, 0.1) is 5.56 Å². The van der Waals surface area contributed by atoms with E-state index < -0.39 is 6.09 Å². The second-order valence-corrected chi connectivity index (χ2v) is 3.81. The van der Waals surface area contributed by atoms with E-state index in [0.29, 0.717) is 30.8 Å². The summed E-state index contributed by atoms with van der Waals surface area (Å²) >= 11 is 0. The molecule has 0 bridgehead atoms. The molecular formula is C14H19NO3. The molecule has 0 radical (unpaired) electrons. The average molecular weight is 249 g/mol. The van der Waals surface area contributed by atoms with E-state index in [1.165, 1.54) is 0 Å². The smallest absolute Gasteiger partial charge is 0.409 e. The molecule has 0 atom stereocenters. The first-order valence-corrected chi connectivity index (χ1v) is 6.22. The third-order valence-electron chi connectivity index (χ3n) is 2.73. The van der Waals surface area contributed by atoms with E-state index in [9.17, 15) is 9.59 Å². The molecule has 18 heavy (non-hydrogen) atoms. The van der Waals surface area contributed by atoms with Gasteiger partial charge in [-0.05, 0) is 26.0 Å². The fourth-order valence-electron chi connectivity index (χ4n) is 1.62. The van der Waals surface area contributed by atoms with Crippen molar-refractivity contribution in [2.24, 2.45) is 0 Å². The zero-order valence-corrected chi connectivity index (χ0v) is 11.1. The monoisotopic (exact) mass is 249 g/mol. The Balaban J connectivity index is 2.90. The summed E-state index contributed by atoms with van der Waals surface area (Å²) in [6, 6.07) is 6.83. The van der Waals surface area contributed by atoms with E-state index in [4.69, 9.17) is 4.74 Å². The lowest BCUT2D eigenvalue weighted by Gasteiger charge is -2.18. The van der Waals surface area contributed by atoms with Gasteiger partial charge in [0.2, 0.25) is 0 Å². The van der Waals surface area contributed by atoms with Crippen LogP contribution in [-0.2, 0) is 0 Å². The quantitative estimate of drug-likeness (QED) is 0.753. The maximum absolute atomic E-state index is 11.8. The fraction of sp³-hybridized carbons (Fsp3) is 0.429. The second-order valence-electron chi connectivity index (χ2n) is 3.81. The molecule has 0 N–H and O–H groups in total. The standard InChI is InChI=1S/C14H19NO3/c1-4-12(16)11-9-7-8-10-13(11)18-14(17)15(5-2)6-3/h7-10H,4-6H2,1-3H3. The Morgan fingerprint density at radius 3 is 2.28 bits per heavy atom. The predicted molar refractivity (Wildman–Crippen MR) is 70.0 cm³/mol. The molecule has 4 heteroatoms. The predicted octanol–water partition coefficient (Wildman–Crippen LogP) is 3.12. The Hall–Kier alpha value is -1.84. The first-order valence-electron chi connectivity index (χ1n) is 6.22. The summed E-state index contributed by atoms with van der Waals surface area (Å²) in [6.45, 7) is 6.71. The molecule has 4 nitrogen and oxygen atoms in total. The Labute approximate surface area is 108 Å². The van der Waals surface area contributed by atoms with Crippen LogP contribution in [0.25, 0.3) is 0 Å². The van der Waals surface area contributed by atoms with Crippen molar-refractivity contribution in [2.45, 2.75) is 27.2 Å². The van der Waals surface area contributed by atoms with Gasteiger partial charge in [-0.3, -0.25) is 4.79 Å². The van der Waals surface area contributed by atoms with Crippen LogP contribution >= 0.6 is 0 Å². The van der Waals surface area contributed by atoms with Crippen molar-refractivity contribution < 1.29 is 14.3 Å². The van der Waals surface area contributed by atoms with Crippen molar-refractivity contribution in [1.82, 2.24) is 4.90 Å². The lowest BCUT2D eigenvalue weighted by molar-refractivity contribution is 0.0984. The van der Waals surface area contributed by atoms with Gasteiger partial charge in [-0.1, -0.05) is 19.1 Å². The van der Waals surface area contributed by atoms with Crippen molar-refractivity contribution >= 4 is 11.9 Å². The fourth-order valence-corrected chi connectivity index (χ4v) is 1.62. The van der Waals surface area contributed by atoms with Gasteiger partial charge in [0.25, 0.3) is 0 Å². The highest BCUT2D eigenvalue weighted by atomic mass is 16.6. The third-order valence-corrected chi connectivity index (χ3v) is 2.73. The number of ketones is 1. The van der Waals surface area contributed by atoms with Gasteiger partial charge in [-0.2, -0.15) is 0 Å². The lowest BCUT2D eigenvalue weighted by atomic mass is 10.1. The number of para-hydroxylation sites is 1. The number of carbonyl (C=O) groups is 2. The van der Waals surface area contributed by atoms with Crippen molar-refractivity contribution in [2.75, 3.05) is 13.1 Å². The molecule has 1 aromatic rings. The van der Waals surface area contributed by atoms with Gasteiger partial charge in [0, 0.05) is 19.5 Å². The topological polar surface area (TPSA) is 46.6 Å². The Kier molecular flexibility index (Phi) is 5.36. The van der Waals surface area contributed by atoms with E-state index in [2.05, 4.69) is 0 Å². The number of ether oxygens (including phenoxy) is 1. The zero-order valence-electron chi connectivity index (χ0n) is 11.1. The molecule has 0 saturated heterocycles. The first-order chi connectivity index (χ1) is 8.63. The summed E-state index contributed by atoms with van der Waals surface area (Å²) in [5.41, 5.74) is 0.459. The number of hydrogen-bond acceptors (Lipinski definition) is 3. The average Bonchev–Trinajstić information content (AvgIpc) is 2.40. The number of hydrogen-bond donors (Lipinski definition) is 0. The SMILES string of the molecule is CCC(=O)c1ccccc1OC(=O)N(CC)CC. The molecule has 0 fully saturated rings. The summed E-state index contributed by atoms with van der Waals surface area (Å²) in [5, 5.41) is 0. The van der Waals surface area contributed by atoms with E-state index in [-0.39, 0.29) is 5.78 Å². The summed E-state index contributed by atoms with van der Waals surface area (Å²) in [7, 11) is 0. The summed E-state index contributed by atoms with van der Waals surface area (Å²) in [5.74, 6) is 0.305. The number of rotatable bonds is 5. The van der Waals surface area contributed by atoms with Crippen LogP contribution in [0.1, 0.15) is 37.6 Å². The summed E-state index contributed by atoms with van der Waals surface area (Å²) in [6.07, 6.45) is -0.0313. The minimum Gasteiger partial charge on any atom is -0.409 e. The highest BCUT2D eigenvalue weighted by Crippen LogP contribution is 2.20. The molecule has 0 aliphatic rings. The molecule has 1 aromatic carbocycles. The van der Waals surface area contributed by atoms with Gasteiger partial charge in [-0.15, -0.1) is 0 Å². The Bertz CT molecular complexity index is 425. The Morgan fingerprint density at radius 2 is 1.72 bits per heavy atom. The minimum atomic E-state index is -0.420. The second kappa shape index (κ2) is 6.79. The van der Waals surface area contributed by atoms with Gasteiger partial charge >= 0.3 is 6.09 Å². The van der Waals surface area contributed by atoms with Gasteiger partial charge in [0.15, 0.2) is 5.78 Å². The van der Waals surface area contributed by atoms with Crippen LogP contribution in [0, 0.1) is 0 Å². The highest BCUT2D eigenvalue weighted by molar-refractivity contribution is 5.99. The maximum Gasteiger partial charge on any atom is 0.415 e. The summed E-state index contributed by atoms with van der Waals surface area (Å²) in [4.78, 5) is 25.1. The van der Waals surface area contributed by atoms with Crippen molar-refractivity contribution in [3.63, 3.8) is 0 Å². The zero-order chi connectivity index (χ0) is 13.5. The van der Waals surface area contributed by atoms with Crippen LogP contribution in [0.15, 0.2) is 24.3 Å². The van der Waals surface area contributed by atoms with E-state index in [1.807, 2.05) is 13.8 Å². The van der Waals surface area contributed by atoms with Crippen LogP contribution in [0.2, 0.25) is 0 Å². The molecule has 0 aliphatic heterocycles. The van der Waals surface area contributed by atoms with Crippen LogP contribution in [0.3, 0.4) is 0 Å². The summed E-state index contributed by atoms with van der Waals surface area (Å²) < 4.78 is 5.28. The number of benzene rings is 1. The molecule has 0 aromatic heterocycles. The van der Waals surface area contributed by atoms with Crippen LogP contribution in [-0.4, -0.2) is 29.9 Å². The van der Waals surface area contributed by atoms with Crippen LogP contribution in [0.5, 0.6) is 5.75 Å². The largest absolute Gasteiger partial charge is 0.415 e. The van der Waals surface area contributed by atoms with E-state index in [0.717, 1.165) is 0 Å². The molecular weight excluding hydrogens is 230 g/mol. The number of amides is 1. The Morgan fingerprint density at radius 1 is 1.11 bits per heavy atom. The number of nitrogens with zero attached hydrogens (tertiary/aromatic N) is 1. The first kappa shape index (κ1) is 14.2. The molecule has 0 aliphatic carbocycles. The third kappa shape index (κ3) is 3.32. The van der Waals surface area contributed by atoms with Crippen LogP contribution < -0.4 is 4.74 Å². The molecule has 0 heterocycles. The molecule has 1 amide bonds. The normalized spacial score (nSPS) is 9.94. The van der Waals surface area contributed by atoms with Crippen molar-refractivity contribution in [3.8, 4) is 5.75 Å². The van der Waals surface area contributed by atoms with Gasteiger partial charge < -0.3 is 9.64 Å². The number of carbonyl (C=O) groups excluding carboxylic acids is 2. The van der Waals surface area contributed by atoms with Crippen molar-refractivity contribution in [1.29, 1.82) is 0 Å². The molecule has 0 spiro atoms. The van der Waals surface area contributed by atoms with Gasteiger partial charge in [-0.25, -0.2) is 4.79 Å². The molecule has 0 saturated carbocycles. The number of Topliss-reactive ketones (excluding diaryl/α,β-unsaturated/α-hetero) is 1. The van der Waals surface area contributed by atoms with E-state index in [1.54, 1.807) is 36.1 Å². The highest BCUT2D eigenvalue weighted by Gasteiger charge is 2.16. The van der Waals surface area contributed by atoms with E-state index >= 15 is 0 Å².